The Hall–Kier alpha value is -2.68. The van der Waals surface area contributed by atoms with Crippen LogP contribution in [0.3, 0.4) is 0 Å². The van der Waals surface area contributed by atoms with Crippen molar-refractivity contribution in [3.05, 3.63) is 77.9 Å². The van der Waals surface area contributed by atoms with Crippen molar-refractivity contribution in [3.63, 3.8) is 0 Å². The molecule has 0 saturated carbocycles. The van der Waals surface area contributed by atoms with Crippen LogP contribution in [0.15, 0.2) is 71.7 Å². The van der Waals surface area contributed by atoms with Crippen LogP contribution in [0.5, 0.6) is 0 Å². The highest BCUT2D eigenvalue weighted by atomic mass is 16.5. The van der Waals surface area contributed by atoms with Crippen molar-refractivity contribution >= 4 is 17.8 Å². The Morgan fingerprint density at radius 3 is 2.39 bits per heavy atom. The van der Waals surface area contributed by atoms with Crippen LogP contribution in [-0.2, 0) is 9.53 Å². The summed E-state index contributed by atoms with van der Waals surface area (Å²) in [7, 11) is 0. The van der Waals surface area contributed by atoms with Crippen LogP contribution >= 0.6 is 0 Å². The molecule has 0 radical (unpaired) electrons. The first-order valence-electron chi connectivity index (χ1n) is 7.81. The van der Waals surface area contributed by atoms with E-state index in [0.717, 1.165) is 16.8 Å². The lowest BCUT2D eigenvalue weighted by Gasteiger charge is -2.12. The average molecular weight is 305 g/mol. The molecule has 1 aliphatic rings. The largest absolute Gasteiger partial charge is 0.464 e. The van der Waals surface area contributed by atoms with Gasteiger partial charge in [-0.05, 0) is 18.1 Å². The third-order valence-corrected chi connectivity index (χ3v) is 3.83. The fraction of sp³-hybridized carbons (Fsp3) is 0.200. The average Bonchev–Trinajstić information content (AvgIpc) is 3.33. The molecule has 0 spiro atoms. The summed E-state index contributed by atoms with van der Waals surface area (Å²) in [5, 5.41) is 0. The molecule has 0 unspecified atom stereocenters. The summed E-state index contributed by atoms with van der Waals surface area (Å²) in [5.74, 6) is -0.267. The number of carbonyl (C=O) groups excluding carboxylic acids is 1. The molecule has 0 amide bonds. The Kier molecular flexibility index (Phi) is 4.38. The zero-order valence-electron chi connectivity index (χ0n) is 13.1. The normalized spacial score (nSPS) is 19.4. The quantitative estimate of drug-likeness (QED) is 0.759. The van der Waals surface area contributed by atoms with Crippen LogP contribution in [0.2, 0.25) is 0 Å². The summed E-state index contributed by atoms with van der Waals surface area (Å²) >= 11 is 0. The van der Waals surface area contributed by atoms with Crippen LogP contribution in [0.1, 0.15) is 24.5 Å². The van der Waals surface area contributed by atoms with Gasteiger partial charge in [0.1, 0.15) is 0 Å². The monoisotopic (exact) mass is 305 g/mol. The van der Waals surface area contributed by atoms with Crippen molar-refractivity contribution in [2.75, 3.05) is 6.61 Å². The van der Waals surface area contributed by atoms with Gasteiger partial charge in [-0.3, -0.25) is 4.99 Å². The Morgan fingerprint density at radius 2 is 1.74 bits per heavy atom. The van der Waals surface area contributed by atoms with E-state index in [-0.39, 0.29) is 5.97 Å². The highest BCUT2D eigenvalue weighted by Gasteiger charge is 2.54. The lowest BCUT2D eigenvalue weighted by Crippen LogP contribution is -2.32. The number of rotatable bonds is 6. The molecule has 23 heavy (non-hydrogen) atoms. The van der Waals surface area contributed by atoms with Crippen molar-refractivity contribution in [3.8, 4) is 0 Å². The SMILES string of the molecule is CCOC(=O)[C@@]1(C/C=C/c2ccccc2)N=C1c1ccccc1. The molecule has 1 aliphatic heterocycles. The molecule has 2 aromatic carbocycles. The van der Waals surface area contributed by atoms with Gasteiger partial charge in [-0.2, -0.15) is 0 Å². The van der Waals surface area contributed by atoms with Gasteiger partial charge in [0.05, 0.1) is 12.3 Å². The van der Waals surface area contributed by atoms with Crippen LogP contribution in [0.25, 0.3) is 6.08 Å². The summed E-state index contributed by atoms with van der Waals surface area (Å²) in [6.45, 7) is 2.18. The standard InChI is InChI=1S/C20H19NO2/c1-2-23-19(22)20(15-9-12-16-10-5-3-6-11-16)18(21-20)17-13-7-4-8-14-17/h3-14H,2,15H2,1H3/b12-9+/t20-/m0/s1. The molecule has 2 aromatic rings. The van der Waals surface area contributed by atoms with E-state index in [1.54, 1.807) is 0 Å². The van der Waals surface area contributed by atoms with E-state index in [9.17, 15) is 4.79 Å². The molecule has 0 aliphatic carbocycles. The van der Waals surface area contributed by atoms with Crippen LogP contribution in [0, 0.1) is 0 Å². The lowest BCUT2D eigenvalue weighted by molar-refractivity contribution is -0.145. The predicted octanol–water partition coefficient (Wildman–Crippen LogP) is 3.89. The van der Waals surface area contributed by atoms with Gasteiger partial charge in [-0.25, -0.2) is 4.79 Å². The zero-order valence-corrected chi connectivity index (χ0v) is 13.1. The highest BCUT2D eigenvalue weighted by Crippen LogP contribution is 2.38. The molecule has 1 atom stereocenters. The molecule has 0 N–H and O–H groups in total. The maximum Gasteiger partial charge on any atom is 0.340 e. The molecule has 3 nitrogen and oxygen atoms in total. The van der Waals surface area contributed by atoms with Crippen molar-refractivity contribution < 1.29 is 9.53 Å². The Labute approximate surface area is 136 Å². The molecule has 0 fully saturated rings. The van der Waals surface area contributed by atoms with Crippen LogP contribution < -0.4 is 0 Å². The minimum Gasteiger partial charge on any atom is -0.464 e. The van der Waals surface area contributed by atoms with Gasteiger partial charge in [-0.1, -0.05) is 72.8 Å². The van der Waals surface area contributed by atoms with Gasteiger partial charge >= 0.3 is 5.97 Å². The molecular formula is C20H19NO2. The van der Waals surface area contributed by atoms with E-state index < -0.39 is 5.54 Å². The number of aliphatic imine (C=N–C) groups is 1. The number of hydrogen-bond donors (Lipinski definition) is 0. The summed E-state index contributed by atoms with van der Waals surface area (Å²) in [6, 6.07) is 19.8. The third-order valence-electron chi connectivity index (χ3n) is 3.83. The predicted molar refractivity (Wildman–Crippen MR) is 92.4 cm³/mol. The second-order valence-corrected chi connectivity index (χ2v) is 5.42. The lowest BCUT2D eigenvalue weighted by atomic mass is 9.94. The Morgan fingerprint density at radius 1 is 1.09 bits per heavy atom. The van der Waals surface area contributed by atoms with Crippen molar-refractivity contribution in [2.24, 2.45) is 4.99 Å². The summed E-state index contributed by atoms with van der Waals surface area (Å²) in [4.78, 5) is 16.9. The first kappa shape index (κ1) is 15.2. The fourth-order valence-electron chi connectivity index (χ4n) is 2.61. The number of esters is 1. The first-order chi connectivity index (χ1) is 11.3. The molecular weight excluding hydrogens is 286 g/mol. The van der Waals surface area contributed by atoms with E-state index in [2.05, 4.69) is 4.99 Å². The molecule has 0 aromatic heterocycles. The molecule has 3 heteroatoms. The molecule has 1 heterocycles. The summed E-state index contributed by atoms with van der Waals surface area (Å²) in [5.41, 5.74) is 2.05. The summed E-state index contributed by atoms with van der Waals surface area (Å²) < 4.78 is 5.24. The van der Waals surface area contributed by atoms with Crippen molar-refractivity contribution in [1.82, 2.24) is 0 Å². The second kappa shape index (κ2) is 6.61. The molecule has 116 valence electrons. The van der Waals surface area contributed by atoms with Gasteiger partial charge in [0, 0.05) is 6.42 Å². The van der Waals surface area contributed by atoms with E-state index in [1.165, 1.54) is 0 Å². The number of carbonyl (C=O) groups is 1. The van der Waals surface area contributed by atoms with Gasteiger partial charge in [0.2, 0.25) is 5.54 Å². The highest BCUT2D eigenvalue weighted by molar-refractivity contribution is 6.29. The Balaban J connectivity index is 1.76. The Bertz CT molecular complexity index is 735. The number of benzene rings is 2. The molecule has 0 saturated heterocycles. The van der Waals surface area contributed by atoms with E-state index in [4.69, 9.17) is 4.74 Å². The second-order valence-electron chi connectivity index (χ2n) is 5.42. The molecule has 0 bridgehead atoms. The number of nitrogens with zero attached hydrogens (tertiary/aromatic N) is 1. The number of ether oxygens (including phenoxy) is 1. The maximum absolute atomic E-state index is 12.4. The van der Waals surface area contributed by atoms with E-state index >= 15 is 0 Å². The van der Waals surface area contributed by atoms with Crippen LogP contribution in [0.4, 0.5) is 0 Å². The molecule has 3 rings (SSSR count). The minimum absolute atomic E-state index is 0.267. The first-order valence-corrected chi connectivity index (χ1v) is 7.81. The maximum atomic E-state index is 12.4. The smallest absolute Gasteiger partial charge is 0.340 e. The number of hydrogen-bond acceptors (Lipinski definition) is 3. The van der Waals surface area contributed by atoms with Gasteiger partial charge < -0.3 is 4.74 Å². The van der Waals surface area contributed by atoms with Gasteiger partial charge in [-0.15, -0.1) is 0 Å². The van der Waals surface area contributed by atoms with Crippen molar-refractivity contribution in [1.29, 1.82) is 0 Å². The van der Waals surface area contributed by atoms with Crippen LogP contribution in [-0.4, -0.2) is 23.8 Å². The minimum atomic E-state index is -0.845. The van der Waals surface area contributed by atoms with E-state index in [1.807, 2.05) is 79.7 Å². The van der Waals surface area contributed by atoms with E-state index in [0.29, 0.717) is 13.0 Å². The third kappa shape index (κ3) is 3.24. The fourth-order valence-corrected chi connectivity index (χ4v) is 2.61. The van der Waals surface area contributed by atoms with Gasteiger partial charge in [0.15, 0.2) is 0 Å². The van der Waals surface area contributed by atoms with Gasteiger partial charge in [0.25, 0.3) is 0 Å². The van der Waals surface area contributed by atoms with Crippen molar-refractivity contribution in [2.45, 2.75) is 18.9 Å². The summed E-state index contributed by atoms with van der Waals surface area (Å²) in [6.07, 6.45) is 4.52. The zero-order chi connectivity index (χ0) is 16.1. The topological polar surface area (TPSA) is 38.7 Å².